The van der Waals surface area contributed by atoms with Gasteiger partial charge in [-0.3, -0.25) is 0 Å². The van der Waals surface area contributed by atoms with Gasteiger partial charge in [0.1, 0.15) is 5.82 Å². The van der Waals surface area contributed by atoms with Crippen molar-refractivity contribution >= 4 is 11.9 Å². The third-order valence-electron chi connectivity index (χ3n) is 2.17. The fourth-order valence-electron chi connectivity index (χ4n) is 1.20. The van der Waals surface area contributed by atoms with Crippen molar-refractivity contribution in [3.63, 3.8) is 0 Å². The minimum atomic E-state index is -0.344. The molecule has 0 aliphatic carbocycles. The van der Waals surface area contributed by atoms with Gasteiger partial charge in [-0.2, -0.15) is 15.0 Å². The Bertz CT molecular complexity index is 373. The number of nitrogens with two attached hydrogens (primary N) is 1. The molecule has 1 heterocycles. The first-order valence-electron chi connectivity index (χ1n) is 5.73. The quantitative estimate of drug-likeness (QED) is 0.723. The molecular weight excluding hydrogens is 218 g/mol. The Morgan fingerprint density at radius 2 is 1.94 bits per heavy atom. The largest absolute Gasteiger partial charge is 0.393 e. The van der Waals surface area contributed by atoms with Crippen LogP contribution in [0.4, 0.5) is 11.9 Å². The summed E-state index contributed by atoms with van der Waals surface area (Å²) in [6, 6.07) is 0. The number of rotatable bonds is 4. The summed E-state index contributed by atoms with van der Waals surface area (Å²) in [5.41, 5.74) is 5.47. The van der Waals surface area contributed by atoms with Crippen LogP contribution in [0.15, 0.2) is 0 Å². The van der Waals surface area contributed by atoms with Gasteiger partial charge < -0.3 is 16.2 Å². The van der Waals surface area contributed by atoms with Crippen LogP contribution in [-0.2, 0) is 5.41 Å². The fourth-order valence-corrected chi connectivity index (χ4v) is 1.20. The Balaban J connectivity index is 2.76. The van der Waals surface area contributed by atoms with Crippen molar-refractivity contribution in [2.45, 2.75) is 45.6 Å². The monoisotopic (exact) mass is 239 g/mol. The minimum absolute atomic E-state index is 0.169. The molecule has 0 radical (unpaired) electrons. The van der Waals surface area contributed by atoms with Gasteiger partial charge in [0.2, 0.25) is 11.9 Å². The summed E-state index contributed by atoms with van der Waals surface area (Å²) in [5, 5.41) is 12.2. The van der Waals surface area contributed by atoms with E-state index in [-0.39, 0.29) is 17.5 Å². The summed E-state index contributed by atoms with van der Waals surface area (Å²) in [6.45, 7) is 8.39. The molecule has 4 N–H and O–H groups in total. The van der Waals surface area contributed by atoms with Crippen molar-refractivity contribution in [2.75, 3.05) is 17.6 Å². The first kappa shape index (κ1) is 13.6. The molecule has 0 fully saturated rings. The summed E-state index contributed by atoms with van der Waals surface area (Å²) in [4.78, 5) is 12.4. The molecule has 1 unspecified atom stereocenters. The van der Waals surface area contributed by atoms with Gasteiger partial charge in [0.15, 0.2) is 0 Å². The predicted octanol–water partition coefficient (Wildman–Crippen LogP) is 0.934. The number of aromatic nitrogens is 3. The number of nitrogen functional groups attached to an aromatic ring is 1. The maximum atomic E-state index is 9.15. The summed E-state index contributed by atoms with van der Waals surface area (Å²) in [7, 11) is 0. The number of anilines is 2. The van der Waals surface area contributed by atoms with Crippen LogP contribution < -0.4 is 11.1 Å². The van der Waals surface area contributed by atoms with Crippen molar-refractivity contribution in [1.82, 2.24) is 15.0 Å². The SMILES string of the molecule is CC(O)CCNc1nc(N)nc(C(C)(C)C)n1. The second kappa shape index (κ2) is 5.27. The van der Waals surface area contributed by atoms with Crippen molar-refractivity contribution in [3.05, 3.63) is 5.82 Å². The van der Waals surface area contributed by atoms with E-state index in [0.717, 1.165) is 0 Å². The standard InChI is InChI=1S/C11H21N5O/c1-7(17)5-6-13-10-15-8(11(2,3)4)14-9(12)16-10/h7,17H,5-6H2,1-4H3,(H3,12,13,14,15,16). The molecule has 1 rings (SSSR count). The number of nitrogens with zero attached hydrogens (tertiary/aromatic N) is 3. The zero-order chi connectivity index (χ0) is 13.1. The molecule has 0 bridgehead atoms. The third kappa shape index (κ3) is 4.52. The van der Waals surface area contributed by atoms with Gasteiger partial charge >= 0.3 is 0 Å². The van der Waals surface area contributed by atoms with Gasteiger partial charge in [-0.15, -0.1) is 0 Å². The Labute approximate surface area is 102 Å². The van der Waals surface area contributed by atoms with Crippen molar-refractivity contribution < 1.29 is 5.11 Å². The number of aliphatic hydroxyl groups is 1. The normalized spacial score (nSPS) is 13.5. The Morgan fingerprint density at radius 3 is 2.47 bits per heavy atom. The van der Waals surface area contributed by atoms with E-state index in [1.807, 2.05) is 20.8 Å². The molecule has 96 valence electrons. The van der Waals surface area contributed by atoms with Crippen LogP contribution in [0.1, 0.15) is 39.9 Å². The van der Waals surface area contributed by atoms with Gasteiger partial charge in [-0.25, -0.2) is 0 Å². The molecule has 0 aromatic carbocycles. The molecule has 1 aromatic heterocycles. The van der Waals surface area contributed by atoms with Crippen LogP contribution >= 0.6 is 0 Å². The van der Waals surface area contributed by atoms with E-state index in [0.29, 0.717) is 24.7 Å². The molecule has 0 saturated heterocycles. The highest BCUT2D eigenvalue weighted by Crippen LogP contribution is 2.19. The molecule has 17 heavy (non-hydrogen) atoms. The lowest BCUT2D eigenvalue weighted by atomic mass is 9.96. The van der Waals surface area contributed by atoms with Crippen molar-refractivity contribution in [1.29, 1.82) is 0 Å². The molecule has 6 heteroatoms. The van der Waals surface area contributed by atoms with Crippen LogP contribution in [-0.4, -0.2) is 32.7 Å². The molecular formula is C11H21N5O. The predicted molar refractivity (Wildman–Crippen MR) is 67.7 cm³/mol. The van der Waals surface area contributed by atoms with E-state index in [1.165, 1.54) is 0 Å². The highest BCUT2D eigenvalue weighted by Gasteiger charge is 2.19. The number of hydrogen-bond donors (Lipinski definition) is 3. The molecule has 6 nitrogen and oxygen atoms in total. The van der Waals surface area contributed by atoms with E-state index in [9.17, 15) is 0 Å². The third-order valence-corrected chi connectivity index (χ3v) is 2.17. The average molecular weight is 239 g/mol. The zero-order valence-electron chi connectivity index (χ0n) is 10.9. The van der Waals surface area contributed by atoms with Crippen LogP contribution in [0.2, 0.25) is 0 Å². The van der Waals surface area contributed by atoms with Crippen molar-refractivity contribution in [3.8, 4) is 0 Å². The van der Waals surface area contributed by atoms with Gasteiger partial charge in [-0.1, -0.05) is 20.8 Å². The lowest BCUT2D eigenvalue weighted by molar-refractivity contribution is 0.188. The van der Waals surface area contributed by atoms with Gasteiger partial charge in [0.05, 0.1) is 6.10 Å². The second-order valence-corrected chi connectivity index (χ2v) is 5.16. The van der Waals surface area contributed by atoms with E-state index in [1.54, 1.807) is 6.92 Å². The van der Waals surface area contributed by atoms with Crippen LogP contribution in [0.3, 0.4) is 0 Å². The first-order chi connectivity index (χ1) is 7.79. The average Bonchev–Trinajstić information content (AvgIpc) is 2.14. The minimum Gasteiger partial charge on any atom is -0.393 e. The molecule has 0 amide bonds. The number of nitrogens with one attached hydrogen (secondary N) is 1. The summed E-state index contributed by atoms with van der Waals surface area (Å²) >= 11 is 0. The lowest BCUT2D eigenvalue weighted by Gasteiger charge is -2.17. The van der Waals surface area contributed by atoms with E-state index >= 15 is 0 Å². The Morgan fingerprint density at radius 1 is 1.29 bits per heavy atom. The summed E-state index contributed by atoms with van der Waals surface area (Å²) < 4.78 is 0. The molecule has 0 aliphatic heterocycles. The van der Waals surface area contributed by atoms with Crippen molar-refractivity contribution in [2.24, 2.45) is 0 Å². The van der Waals surface area contributed by atoms with Crippen LogP contribution in [0.25, 0.3) is 0 Å². The zero-order valence-corrected chi connectivity index (χ0v) is 10.9. The molecule has 0 saturated carbocycles. The first-order valence-corrected chi connectivity index (χ1v) is 5.73. The van der Waals surface area contributed by atoms with E-state index in [2.05, 4.69) is 20.3 Å². The van der Waals surface area contributed by atoms with Gasteiger partial charge in [0, 0.05) is 12.0 Å². The molecule has 1 atom stereocenters. The summed E-state index contributed by atoms with van der Waals surface area (Å²) in [5.74, 6) is 1.33. The maximum Gasteiger partial charge on any atom is 0.227 e. The fraction of sp³-hybridized carbons (Fsp3) is 0.727. The highest BCUT2D eigenvalue weighted by atomic mass is 16.3. The second-order valence-electron chi connectivity index (χ2n) is 5.16. The smallest absolute Gasteiger partial charge is 0.227 e. The van der Waals surface area contributed by atoms with E-state index < -0.39 is 0 Å². The van der Waals surface area contributed by atoms with E-state index in [4.69, 9.17) is 10.8 Å². The lowest BCUT2D eigenvalue weighted by Crippen LogP contribution is -2.20. The van der Waals surface area contributed by atoms with Gasteiger partial charge in [-0.05, 0) is 13.3 Å². The number of aliphatic hydroxyl groups excluding tert-OH is 1. The molecule has 0 aliphatic rings. The highest BCUT2D eigenvalue weighted by molar-refractivity contribution is 5.32. The van der Waals surface area contributed by atoms with Gasteiger partial charge in [0.25, 0.3) is 0 Å². The molecule has 0 spiro atoms. The van der Waals surface area contributed by atoms with Crippen LogP contribution in [0, 0.1) is 0 Å². The maximum absolute atomic E-state index is 9.15. The summed E-state index contributed by atoms with van der Waals surface area (Å²) in [6.07, 6.45) is 0.292. The molecule has 1 aromatic rings. The van der Waals surface area contributed by atoms with Crippen LogP contribution in [0.5, 0.6) is 0 Å². The number of hydrogen-bond acceptors (Lipinski definition) is 6. The Hall–Kier alpha value is -1.43. The Kier molecular flexibility index (Phi) is 4.22. The topological polar surface area (TPSA) is 97.0 Å².